The summed E-state index contributed by atoms with van der Waals surface area (Å²) in [5.41, 5.74) is 5.48. The van der Waals surface area contributed by atoms with Crippen molar-refractivity contribution in [1.29, 1.82) is 0 Å². The van der Waals surface area contributed by atoms with E-state index in [1.165, 1.54) is 43.1 Å². The van der Waals surface area contributed by atoms with Gasteiger partial charge in [0.15, 0.2) is 8.32 Å². The molecule has 0 unspecified atom stereocenters. The van der Waals surface area contributed by atoms with Crippen molar-refractivity contribution in [1.82, 2.24) is 0 Å². The van der Waals surface area contributed by atoms with Crippen molar-refractivity contribution in [2.45, 2.75) is 39.4 Å². The summed E-state index contributed by atoms with van der Waals surface area (Å²) >= 11 is 0. The molecule has 0 spiro atoms. The van der Waals surface area contributed by atoms with Gasteiger partial charge in [0.2, 0.25) is 0 Å². The van der Waals surface area contributed by atoms with E-state index in [9.17, 15) is 0 Å². The molecule has 2 aliphatic carbocycles. The average Bonchev–Trinajstić information content (AvgIpc) is 3.24. The van der Waals surface area contributed by atoms with Crippen molar-refractivity contribution in [3.05, 3.63) is 86.1 Å². The molecule has 155 valence electrons. The van der Waals surface area contributed by atoms with Gasteiger partial charge in [0.05, 0.1) is 0 Å². The minimum Gasteiger partial charge on any atom is -1.00 e. The topological polar surface area (TPSA) is 9.23 Å². The first kappa shape index (κ1) is 27.3. The van der Waals surface area contributed by atoms with Crippen LogP contribution in [0.15, 0.2) is 54.1 Å². The van der Waals surface area contributed by atoms with Crippen LogP contribution in [0.3, 0.4) is 0 Å². The third-order valence-corrected chi connectivity index (χ3v) is 6.33. The van der Waals surface area contributed by atoms with E-state index in [1.807, 2.05) is 0 Å². The van der Waals surface area contributed by atoms with Gasteiger partial charge in [-0.25, -0.2) is 0 Å². The van der Waals surface area contributed by atoms with E-state index in [1.54, 1.807) is 0 Å². The molecule has 0 saturated heterocycles. The number of halogens is 2. The summed E-state index contributed by atoms with van der Waals surface area (Å²) in [4.78, 5) is 0. The SMILES string of the molecule is CC=c1ccc2c(c1C1=C(CCO[Si](C)(C)C)C=CC1)[C-]=c1ccccc1=2.[Cl-].[Cl-].[Zr+3]. The molecular weight excluding hydrogens is 506 g/mol. The van der Waals surface area contributed by atoms with Crippen LogP contribution in [0.1, 0.15) is 30.9 Å². The molecule has 30 heavy (non-hydrogen) atoms. The van der Waals surface area contributed by atoms with Gasteiger partial charge in [-0.1, -0.05) is 64.9 Å². The van der Waals surface area contributed by atoms with Gasteiger partial charge < -0.3 is 29.2 Å². The molecule has 0 bridgehead atoms. The van der Waals surface area contributed by atoms with Crippen molar-refractivity contribution in [3.8, 4) is 0 Å². The van der Waals surface area contributed by atoms with E-state index in [0.717, 1.165) is 19.4 Å². The van der Waals surface area contributed by atoms with Crippen LogP contribution < -0.4 is 35.3 Å². The second-order valence-corrected chi connectivity index (χ2v) is 12.7. The van der Waals surface area contributed by atoms with Gasteiger partial charge in [0.1, 0.15) is 0 Å². The molecule has 2 aromatic carbocycles. The minimum atomic E-state index is -1.47. The molecule has 1 radical (unpaired) electrons. The molecular formula is C25H27Cl2OSiZr. The molecule has 5 heteroatoms. The molecule has 4 rings (SSSR count). The van der Waals surface area contributed by atoms with Crippen molar-refractivity contribution < 1.29 is 55.4 Å². The summed E-state index contributed by atoms with van der Waals surface area (Å²) in [7, 11) is -1.47. The van der Waals surface area contributed by atoms with Crippen LogP contribution in [-0.4, -0.2) is 14.9 Å². The van der Waals surface area contributed by atoms with E-state index < -0.39 is 8.32 Å². The number of hydrogen-bond acceptors (Lipinski definition) is 1. The van der Waals surface area contributed by atoms with Crippen LogP contribution in [-0.2, 0) is 30.6 Å². The second-order valence-electron chi connectivity index (χ2n) is 8.23. The van der Waals surface area contributed by atoms with Crippen LogP contribution in [0.4, 0.5) is 0 Å². The molecule has 0 atom stereocenters. The molecule has 2 aliphatic rings. The van der Waals surface area contributed by atoms with Gasteiger partial charge in [0, 0.05) is 6.61 Å². The third-order valence-electron chi connectivity index (χ3n) is 5.26. The van der Waals surface area contributed by atoms with Gasteiger partial charge in [-0.05, 0) is 45.0 Å². The molecule has 0 heterocycles. The van der Waals surface area contributed by atoms with Gasteiger partial charge in [0.25, 0.3) is 0 Å². The summed E-state index contributed by atoms with van der Waals surface area (Å²) in [6.45, 7) is 9.70. The third kappa shape index (κ3) is 5.56. The van der Waals surface area contributed by atoms with Crippen LogP contribution in [0, 0.1) is 10.4 Å². The Balaban J connectivity index is 0.00000150. The summed E-state index contributed by atoms with van der Waals surface area (Å²) in [6, 6.07) is 13.1. The molecule has 0 aliphatic heterocycles. The maximum absolute atomic E-state index is 6.12. The molecule has 2 aromatic rings. The summed E-state index contributed by atoms with van der Waals surface area (Å²) in [6.07, 6.45) is 12.5. The zero-order valence-corrected chi connectivity index (χ0v) is 23.0. The smallest absolute Gasteiger partial charge is 1.00 e. The Bertz CT molecular complexity index is 1180. The largest absolute Gasteiger partial charge is 3.00 e. The van der Waals surface area contributed by atoms with E-state index in [-0.39, 0.29) is 51.0 Å². The van der Waals surface area contributed by atoms with E-state index in [2.05, 4.69) is 87.3 Å². The average molecular weight is 534 g/mol. The van der Waals surface area contributed by atoms with E-state index in [4.69, 9.17) is 4.43 Å². The molecule has 1 nitrogen and oxygen atoms in total. The monoisotopic (exact) mass is 531 g/mol. The number of rotatable bonds is 5. The predicted molar refractivity (Wildman–Crippen MR) is 117 cm³/mol. The van der Waals surface area contributed by atoms with Gasteiger partial charge in [-0.15, -0.1) is 33.4 Å². The maximum Gasteiger partial charge on any atom is 3.00 e. The fourth-order valence-corrected chi connectivity index (χ4v) is 4.73. The Labute approximate surface area is 212 Å². The molecule has 0 aromatic heterocycles. The normalized spacial score (nSPS) is 14.3. The first-order valence-electron chi connectivity index (χ1n) is 9.83. The fourth-order valence-electron chi connectivity index (χ4n) is 4.02. The zero-order valence-electron chi connectivity index (χ0n) is 18.0. The van der Waals surface area contributed by atoms with Crippen molar-refractivity contribution in [3.63, 3.8) is 0 Å². The quantitative estimate of drug-likeness (QED) is 0.295. The molecule has 0 fully saturated rings. The Morgan fingerprint density at radius 2 is 1.77 bits per heavy atom. The van der Waals surface area contributed by atoms with Crippen molar-refractivity contribution in [2.75, 3.05) is 6.61 Å². The Hall–Kier alpha value is -0.700. The minimum absolute atomic E-state index is 0. The van der Waals surface area contributed by atoms with Gasteiger partial charge >= 0.3 is 26.2 Å². The fraction of sp³-hybridized carbons (Fsp3) is 0.280. The number of benzene rings is 2. The summed E-state index contributed by atoms with van der Waals surface area (Å²) in [5, 5.41) is 5.11. The Morgan fingerprint density at radius 1 is 1.03 bits per heavy atom. The zero-order chi connectivity index (χ0) is 19.0. The van der Waals surface area contributed by atoms with Crippen LogP contribution in [0.25, 0.3) is 17.7 Å². The molecule has 0 saturated carbocycles. The Kier molecular flexibility index (Phi) is 10.2. The van der Waals surface area contributed by atoms with Crippen LogP contribution >= 0.6 is 0 Å². The van der Waals surface area contributed by atoms with Gasteiger partial charge in [-0.3, -0.25) is 0 Å². The van der Waals surface area contributed by atoms with Crippen molar-refractivity contribution in [2.24, 2.45) is 0 Å². The molecule has 0 N–H and O–H groups in total. The number of fused-ring (bicyclic) bond motifs is 2. The summed E-state index contributed by atoms with van der Waals surface area (Å²) in [5.74, 6) is 0. The van der Waals surface area contributed by atoms with E-state index >= 15 is 0 Å². The molecule has 0 amide bonds. The van der Waals surface area contributed by atoms with Gasteiger partial charge in [-0.2, -0.15) is 0 Å². The maximum atomic E-state index is 6.12. The first-order valence-corrected chi connectivity index (χ1v) is 13.2. The van der Waals surface area contributed by atoms with Crippen molar-refractivity contribution >= 4 is 26.0 Å². The number of hydrogen-bond donors (Lipinski definition) is 0. The number of allylic oxidation sites excluding steroid dienone is 3. The predicted octanol–water partition coefficient (Wildman–Crippen LogP) is -1.25. The van der Waals surface area contributed by atoms with Crippen LogP contribution in [0.5, 0.6) is 0 Å². The summed E-state index contributed by atoms with van der Waals surface area (Å²) < 4.78 is 6.12. The first-order chi connectivity index (χ1) is 13.0. The van der Waals surface area contributed by atoms with Crippen LogP contribution in [0.2, 0.25) is 19.6 Å². The van der Waals surface area contributed by atoms with E-state index in [0.29, 0.717) is 0 Å². The standard InChI is InChI=1S/C25H27OSi.2ClH.Zr/c1-5-18-13-14-23-21-11-7-6-9-20(21)17-24(23)25(18)22-12-8-10-19(22)15-16-26-27(2,3)4;;;/h5-11,13-14H,12,15-16H2,1-4H3;2*1H;/q-1;;;+3/p-2. The Morgan fingerprint density at radius 3 is 2.47 bits per heavy atom. The second kappa shape index (κ2) is 11.2.